The molecule has 1 heterocycles. The monoisotopic (exact) mass is 198 g/mol. The van der Waals surface area contributed by atoms with Gasteiger partial charge in [-0.25, -0.2) is 4.98 Å². The Balaban J connectivity index is 2.90. The minimum absolute atomic E-state index is 0.0180. The Bertz CT molecular complexity index is 282. The molecule has 0 aliphatic carbocycles. The second kappa shape index (κ2) is 3.54. The van der Waals surface area contributed by atoms with Gasteiger partial charge in [-0.3, -0.25) is 0 Å². The molecule has 0 saturated heterocycles. The molecule has 72 valence electrons. The van der Waals surface area contributed by atoms with E-state index in [0.717, 1.165) is 11.4 Å². The van der Waals surface area contributed by atoms with Crippen molar-refractivity contribution in [3.05, 3.63) is 22.8 Å². The molecular weight excluding hydrogens is 184 g/mol. The van der Waals surface area contributed by atoms with Gasteiger partial charge in [0.05, 0.1) is 0 Å². The summed E-state index contributed by atoms with van der Waals surface area (Å²) in [6, 6.07) is 3.83. The summed E-state index contributed by atoms with van der Waals surface area (Å²) in [7, 11) is 0. The van der Waals surface area contributed by atoms with Crippen LogP contribution in [0.3, 0.4) is 0 Å². The maximum absolute atomic E-state index is 5.83. The third-order valence-electron chi connectivity index (χ3n) is 1.44. The van der Waals surface area contributed by atoms with Crippen molar-refractivity contribution in [1.82, 2.24) is 4.98 Å². The van der Waals surface area contributed by atoms with Crippen molar-refractivity contribution in [3.63, 3.8) is 0 Å². The number of pyridine rings is 1. The number of nitrogens with zero attached hydrogens (tertiary/aromatic N) is 1. The highest BCUT2D eigenvalue weighted by Crippen LogP contribution is 2.17. The molecule has 0 radical (unpaired) electrons. The van der Waals surface area contributed by atoms with Crippen LogP contribution in [-0.2, 0) is 0 Å². The van der Waals surface area contributed by atoms with Crippen LogP contribution in [0.1, 0.15) is 26.3 Å². The molecule has 1 rings (SSSR count). The van der Waals surface area contributed by atoms with E-state index in [-0.39, 0.29) is 5.54 Å². The quantitative estimate of drug-likeness (QED) is 0.701. The summed E-state index contributed by atoms with van der Waals surface area (Å²) >= 11 is 5.83. The van der Waals surface area contributed by atoms with Crippen LogP contribution in [-0.4, -0.2) is 10.5 Å². The van der Waals surface area contributed by atoms with Gasteiger partial charge >= 0.3 is 0 Å². The van der Waals surface area contributed by atoms with E-state index < -0.39 is 0 Å². The van der Waals surface area contributed by atoms with Gasteiger partial charge in [-0.05, 0) is 45.4 Å². The van der Waals surface area contributed by atoms with Gasteiger partial charge in [-0.2, -0.15) is 0 Å². The zero-order valence-corrected chi connectivity index (χ0v) is 9.24. The van der Waals surface area contributed by atoms with E-state index in [2.05, 4.69) is 31.1 Å². The molecule has 0 aliphatic rings. The van der Waals surface area contributed by atoms with Gasteiger partial charge in [0.1, 0.15) is 11.0 Å². The first kappa shape index (κ1) is 10.3. The summed E-state index contributed by atoms with van der Waals surface area (Å²) in [5.41, 5.74) is 1.14. The molecule has 2 nitrogen and oxygen atoms in total. The van der Waals surface area contributed by atoms with Crippen LogP contribution in [0.4, 0.5) is 5.82 Å². The Morgan fingerprint density at radius 3 is 2.38 bits per heavy atom. The van der Waals surface area contributed by atoms with Crippen molar-refractivity contribution in [2.75, 3.05) is 5.32 Å². The molecular formula is C10H15ClN2. The maximum Gasteiger partial charge on any atom is 0.131 e. The molecule has 0 amide bonds. The van der Waals surface area contributed by atoms with Crippen LogP contribution in [0.15, 0.2) is 12.1 Å². The number of aromatic nitrogens is 1. The minimum atomic E-state index is 0.0180. The Labute approximate surface area is 84.3 Å². The number of anilines is 1. The Hall–Kier alpha value is -0.760. The van der Waals surface area contributed by atoms with Crippen molar-refractivity contribution in [2.24, 2.45) is 0 Å². The number of aryl methyl sites for hydroxylation is 1. The Morgan fingerprint density at radius 1 is 1.31 bits per heavy atom. The highest BCUT2D eigenvalue weighted by atomic mass is 35.5. The SMILES string of the molecule is Cc1cc(Cl)nc(NC(C)(C)C)c1. The van der Waals surface area contributed by atoms with Gasteiger partial charge in [0.15, 0.2) is 0 Å². The molecule has 0 aliphatic heterocycles. The molecule has 0 atom stereocenters. The van der Waals surface area contributed by atoms with E-state index in [1.165, 1.54) is 0 Å². The predicted octanol–water partition coefficient (Wildman–Crippen LogP) is 3.25. The van der Waals surface area contributed by atoms with Crippen molar-refractivity contribution < 1.29 is 0 Å². The van der Waals surface area contributed by atoms with Crippen LogP contribution in [0.5, 0.6) is 0 Å². The first-order valence-electron chi connectivity index (χ1n) is 4.29. The lowest BCUT2D eigenvalue weighted by molar-refractivity contribution is 0.630. The van der Waals surface area contributed by atoms with Crippen molar-refractivity contribution in [2.45, 2.75) is 33.2 Å². The summed E-state index contributed by atoms with van der Waals surface area (Å²) in [6.45, 7) is 8.27. The van der Waals surface area contributed by atoms with Gasteiger partial charge in [-0.15, -0.1) is 0 Å². The van der Waals surface area contributed by atoms with E-state index in [0.29, 0.717) is 5.15 Å². The van der Waals surface area contributed by atoms with E-state index in [1.807, 2.05) is 19.1 Å². The van der Waals surface area contributed by atoms with Crippen molar-refractivity contribution in [3.8, 4) is 0 Å². The fourth-order valence-electron chi connectivity index (χ4n) is 1.07. The highest BCUT2D eigenvalue weighted by molar-refractivity contribution is 6.29. The average molecular weight is 199 g/mol. The lowest BCUT2D eigenvalue weighted by atomic mass is 10.1. The van der Waals surface area contributed by atoms with Crippen molar-refractivity contribution in [1.29, 1.82) is 0 Å². The number of nitrogens with one attached hydrogen (secondary N) is 1. The van der Waals surface area contributed by atoms with Gasteiger partial charge < -0.3 is 5.32 Å². The topological polar surface area (TPSA) is 24.9 Å². The van der Waals surface area contributed by atoms with Crippen LogP contribution >= 0.6 is 11.6 Å². The molecule has 0 bridgehead atoms. The smallest absolute Gasteiger partial charge is 0.131 e. The standard InChI is InChI=1S/C10H15ClN2/c1-7-5-8(11)12-9(6-7)13-10(2,3)4/h5-6H,1-4H3,(H,12,13). The first-order valence-corrected chi connectivity index (χ1v) is 4.67. The molecule has 0 aromatic carbocycles. The Morgan fingerprint density at radius 2 is 1.92 bits per heavy atom. The largest absolute Gasteiger partial charge is 0.365 e. The minimum Gasteiger partial charge on any atom is -0.365 e. The van der Waals surface area contributed by atoms with Crippen LogP contribution in [0.25, 0.3) is 0 Å². The molecule has 1 aromatic heterocycles. The van der Waals surface area contributed by atoms with E-state index in [4.69, 9.17) is 11.6 Å². The lowest BCUT2D eigenvalue weighted by Crippen LogP contribution is -2.26. The third kappa shape index (κ3) is 3.64. The van der Waals surface area contributed by atoms with E-state index in [1.54, 1.807) is 0 Å². The summed E-state index contributed by atoms with van der Waals surface area (Å²) in [4.78, 5) is 4.17. The fourth-order valence-corrected chi connectivity index (χ4v) is 1.34. The molecule has 0 spiro atoms. The van der Waals surface area contributed by atoms with E-state index >= 15 is 0 Å². The fraction of sp³-hybridized carbons (Fsp3) is 0.500. The van der Waals surface area contributed by atoms with Gasteiger partial charge in [-0.1, -0.05) is 11.6 Å². The zero-order chi connectivity index (χ0) is 10.1. The van der Waals surface area contributed by atoms with Gasteiger partial charge in [0.25, 0.3) is 0 Å². The summed E-state index contributed by atoms with van der Waals surface area (Å²) in [5, 5.41) is 3.80. The molecule has 13 heavy (non-hydrogen) atoms. The van der Waals surface area contributed by atoms with E-state index in [9.17, 15) is 0 Å². The molecule has 0 unspecified atom stereocenters. The first-order chi connectivity index (χ1) is 5.87. The van der Waals surface area contributed by atoms with Gasteiger partial charge in [0.2, 0.25) is 0 Å². The Kier molecular flexibility index (Phi) is 2.81. The number of halogens is 1. The molecule has 1 aromatic rings. The number of hydrogen-bond donors (Lipinski definition) is 1. The molecule has 1 N–H and O–H groups in total. The van der Waals surface area contributed by atoms with Crippen LogP contribution in [0.2, 0.25) is 5.15 Å². The van der Waals surface area contributed by atoms with Crippen molar-refractivity contribution >= 4 is 17.4 Å². The normalized spacial score (nSPS) is 11.5. The van der Waals surface area contributed by atoms with Crippen LogP contribution < -0.4 is 5.32 Å². The highest BCUT2D eigenvalue weighted by Gasteiger charge is 2.10. The summed E-state index contributed by atoms with van der Waals surface area (Å²) in [6.07, 6.45) is 0. The maximum atomic E-state index is 5.83. The second-order valence-electron chi connectivity index (χ2n) is 4.23. The lowest BCUT2D eigenvalue weighted by Gasteiger charge is -2.21. The zero-order valence-electron chi connectivity index (χ0n) is 8.48. The average Bonchev–Trinajstić information content (AvgIpc) is 1.78. The predicted molar refractivity (Wildman–Crippen MR) is 57.4 cm³/mol. The third-order valence-corrected chi connectivity index (χ3v) is 1.64. The number of hydrogen-bond acceptors (Lipinski definition) is 2. The molecule has 3 heteroatoms. The van der Waals surface area contributed by atoms with Crippen LogP contribution in [0, 0.1) is 6.92 Å². The second-order valence-corrected chi connectivity index (χ2v) is 4.61. The summed E-state index contributed by atoms with van der Waals surface area (Å²) < 4.78 is 0. The van der Waals surface area contributed by atoms with Gasteiger partial charge in [0, 0.05) is 5.54 Å². The number of rotatable bonds is 1. The molecule has 0 fully saturated rings. The molecule has 0 saturated carbocycles. The summed E-state index contributed by atoms with van der Waals surface area (Å²) in [5.74, 6) is 0.831.